The summed E-state index contributed by atoms with van der Waals surface area (Å²) in [6.45, 7) is 11.2. The molecule has 12 nitrogen and oxygen atoms in total. The highest BCUT2D eigenvalue weighted by Crippen LogP contribution is 2.37. The molecular formula is C32H49BN4O8. The standard InChI is InChI=1S/C32H49BN4O8/c1-31(2,3)26-28(39)37-17-22(15-24(37)27(38)34-25-12-14-44-33(25)42)45-30(41)36-16-21-11-8-10-20(23(21)18-36)9-6-7-13-32(4,5)19-43-29(40)35-26/h8,10-11,21-26,42H,6-7,9,12-19H2,1-5H3,(H,34,38)(H,35,40)/t21?,22?,23?,24?,25-,26?/m0/s1. The topological polar surface area (TPSA) is 147 Å². The molecule has 248 valence electrons. The van der Waals surface area contributed by atoms with Crippen LogP contribution in [0.1, 0.15) is 73.1 Å². The predicted octanol–water partition coefficient (Wildman–Crippen LogP) is 2.80. The van der Waals surface area contributed by atoms with E-state index in [0.29, 0.717) is 26.1 Å². The van der Waals surface area contributed by atoms with E-state index < -0.39 is 60.7 Å². The lowest BCUT2D eigenvalue weighted by atomic mass is 9.80. The Labute approximate surface area is 266 Å². The maximum Gasteiger partial charge on any atom is 0.478 e. The van der Waals surface area contributed by atoms with Crippen molar-refractivity contribution in [1.82, 2.24) is 20.4 Å². The molecule has 0 aromatic rings. The Morgan fingerprint density at radius 3 is 2.64 bits per heavy atom. The van der Waals surface area contributed by atoms with Gasteiger partial charge in [-0.15, -0.1) is 0 Å². The third-order valence-corrected chi connectivity index (χ3v) is 9.81. The van der Waals surface area contributed by atoms with Gasteiger partial charge in [0.2, 0.25) is 11.8 Å². The summed E-state index contributed by atoms with van der Waals surface area (Å²) in [7, 11) is -1.14. The maximum atomic E-state index is 14.2. The van der Waals surface area contributed by atoms with Gasteiger partial charge >= 0.3 is 19.3 Å². The van der Waals surface area contributed by atoms with Crippen LogP contribution >= 0.6 is 0 Å². The molecule has 5 aliphatic rings. The van der Waals surface area contributed by atoms with Gasteiger partial charge in [0.15, 0.2) is 0 Å². The zero-order chi connectivity index (χ0) is 32.5. The molecule has 4 heterocycles. The van der Waals surface area contributed by atoms with E-state index in [0.717, 1.165) is 25.7 Å². The minimum absolute atomic E-state index is 0.00548. The number of rotatable bonds is 2. The van der Waals surface area contributed by atoms with Crippen molar-refractivity contribution >= 4 is 31.1 Å². The maximum absolute atomic E-state index is 14.2. The van der Waals surface area contributed by atoms with Gasteiger partial charge in [0.05, 0.1) is 19.1 Å². The molecule has 5 unspecified atom stereocenters. The van der Waals surface area contributed by atoms with Crippen molar-refractivity contribution in [2.24, 2.45) is 22.7 Å². The number of carbonyl (C=O) groups excluding carboxylic acids is 4. The third kappa shape index (κ3) is 7.85. The summed E-state index contributed by atoms with van der Waals surface area (Å²) in [4.78, 5) is 57.4. The minimum Gasteiger partial charge on any atom is -0.449 e. The van der Waals surface area contributed by atoms with Crippen LogP contribution in [0.4, 0.5) is 9.59 Å². The molecule has 0 aromatic heterocycles. The van der Waals surface area contributed by atoms with Crippen LogP contribution in [0.2, 0.25) is 0 Å². The number of allylic oxidation sites excluding steroid dienone is 2. The van der Waals surface area contributed by atoms with Crippen LogP contribution in [0.5, 0.6) is 0 Å². The van der Waals surface area contributed by atoms with Gasteiger partial charge < -0.3 is 39.6 Å². The highest BCUT2D eigenvalue weighted by atomic mass is 16.6. The second-order valence-corrected chi connectivity index (χ2v) is 15.1. The van der Waals surface area contributed by atoms with Gasteiger partial charge in [-0.05, 0) is 36.5 Å². The molecule has 13 heteroatoms. The number of carbonyl (C=O) groups is 4. The lowest BCUT2D eigenvalue weighted by molar-refractivity contribution is -0.142. The fourth-order valence-corrected chi connectivity index (χ4v) is 7.11. The van der Waals surface area contributed by atoms with E-state index in [1.165, 1.54) is 10.5 Å². The van der Waals surface area contributed by atoms with Gasteiger partial charge in [-0.1, -0.05) is 64.8 Å². The molecule has 1 aliphatic carbocycles. The number of fused-ring (bicyclic) bond motifs is 3. The van der Waals surface area contributed by atoms with Crippen molar-refractivity contribution in [3.05, 3.63) is 23.8 Å². The largest absolute Gasteiger partial charge is 0.478 e. The lowest BCUT2D eigenvalue weighted by Gasteiger charge is -2.35. The number of nitrogens with zero attached hydrogens (tertiary/aromatic N) is 2. The van der Waals surface area contributed by atoms with Crippen molar-refractivity contribution in [3.63, 3.8) is 0 Å². The van der Waals surface area contributed by atoms with Gasteiger partial charge in [0.1, 0.15) is 18.2 Å². The monoisotopic (exact) mass is 628 g/mol. The van der Waals surface area contributed by atoms with Crippen LogP contribution in [-0.4, -0.2) is 103 Å². The first-order chi connectivity index (χ1) is 21.2. The highest BCUT2D eigenvalue weighted by molar-refractivity contribution is 6.46. The Balaban J connectivity index is 1.40. The summed E-state index contributed by atoms with van der Waals surface area (Å²) >= 11 is 0. The fraction of sp³-hybridized carbons (Fsp3) is 0.750. The predicted molar refractivity (Wildman–Crippen MR) is 167 cm³/mol. The van der Waals surface area contributed by atoms with E-state index in [-0.39, 0.29) is 36.8 Å². The van der Waals surface area contributed by atoms with E-state index >= 15 is 0 Å². The van der Waals surface area contributed by atoms with Crippen molar-refractivity contribution in [3.8, 4) is 0 Å². The number of cyclic esters (lactones) is 1. The number of ether oxygens (including phenoxy) is 2. The Bertz CT molecular complexity index is 1220. The molecule has 3 N–H and O–H groups in total. The number of hydrogen-bond donors (Lipinski definition) is 3. The van der Waals surface area contributed by atoms with Crippen molar-refractivity contribution in [2.75, 3.05) is 32.8 Å². The average molecular weight is 629 g/mol. The van der Waals surface area contributed by atoms with Gasteiger partial charge in [-0.25, -0.2) is 9.59 Å². The van der Waals surface area contributed by atoms with Gasteiger partial charge in [-0.3, -0.25) is 9.59 Å². The smallest absolute Gasteiger partial charge is 0.449 e. The SMILES string of the molecule is CC1(C)CCCCC2=CC=CC3CN(CC23)C(=O)OC2CC(C(=O)N[C@H]3CCOB3O)N(C2)C(=O)C(C(C)(C)C)NC(=O)OC1. The highest BCUT2D eigenvalue weighted by Gasteiger charge is 2.48. The van der Waals surface area contributed by atoms with Gasteiger partial charge in [0.25, 0.3) is 0 Å². The Morgan fingerprint density at radius 1 is 1.16 bits per heavy atom. The zero-order valence-corrected chi connectivity index (χ0v) is 27.3. The first-order valence-corrected chi connectivity index (χ1v) is 16.4. The van der Waals surface area contributed by atoms with Crippen molar-refractivity contribution in [2.45, 2.75) is 97.3 Å². The molecule has 0 saturated carbocycles. The fourth-order valence-electron chi connectivity index (χ4n) is 7.11. The van der Waals surface area contributed by atoms with E-state index in [4.69, 9.17) is 14.1 Å². The molecule has 4 fully saturated rings. The first-order valence-electron chi connectivity index (χ1n) is 16.4. The number of nitrogens with one attached hydrogen (secondary N) is 2. The molecule has 4 saturated heterocycles. The second kappa shape index (κ2) is 13.4. The average Bonchev–Trinajstić information content (AvgIpc) is 3.70. The van der Waals surface area contributed by atoms with Crippen LogP contribution in [0.15, 0.2) is 23.8 Å². The van der Waals surface area contributed by atoms with Crippen LogP contribution in [0, 0.1) is 22.7 Å². The molecule has 0 aromatic carbocycles. The summed E-state index contributed by atoms with van der Waals surface area (Å²) < 4.78 is 16.8. The summed E-state index contributed by atoms with van der Waals surface area (Å²) in [6, 6.07) is -1.99. The number of hydrogen-bond acceptors (Lipinski definition) is 8. The molecular weight excluding hydrogens is 579 g/mol. The van der Waals surface area contributed by atoms with E-state index in [1.54, 1.807) is 4.90 Å². The summed E-state index contributed by atoms with van der Waals surface area (Å²) in [5, 5.41) is 15.7. The van der Waals surface area contributed by atoms with Crippen LogP contribution in [-0.2, 0) is 23.7 Å². The lowest BCUT2D eigenvalue weighted by Crippen LogP contribution is -2.59. The first kappa shape index (κ1) is 33.3. The zero-order valence-electron chi connectivity index (χ0n) is 27.3. The Morgan fingerprint density at radius 2 is 1.93 bits per heavy atom. The number of alkyl carbamates (subject to hydrolysis) is 1. The van der Waals surface area contributed by atoms with Crippen LogP contribution < -0.4 is 10.6 Å². The molecule has 4 aliphatic heterocycles. The van der Waals surface area contributed by atoms with Crippen LogP contribution in [0.25, 0.3) is 0 Å². The Kier molecular flexibility index (Phi) is 9.89. The Hall–Kier alpha value is -3.06. The van der Waals surface area contributed by atoms with E-state index in [1.807, 2.05) is 20.8 Å². The number of amides is 4. The molecule has 4 amide bonds. The summed E-state index contributed by atoms with van der Waals surface area (Å²) in [6.07, 6.45) is 8.82. The molecule has 5 rings (SSSR count). The molecule has 6 atom stereocenters. The molecule has 4 bridgehead atoms. The molecule has 45 heavy (non-hydrogen) atoms. The van der Waals surface area contributed by atoms with Gasteiger partial charge in [0, 0.05) is 38.0 Å². The molecule has 0 spiro atoms. The summed E-state index contributed by atoms with van der Waals surface area (Å²) in [5.41, 5.74) is 0.357. The van der Waals surface area contributed by atoms with Crippen molar-refractivity contribution in [1.29, 1.82) is 0 Å². The molecule has 0 radical (unpaired) electrons. The van der Waals surface area contributed by atoms with E-state index in [2.05, 4.69) is 42.7 Å². The van der Waals surface area contributed by atoms with E-state index in [9.17, 15) is 24.2 Å². The second-order valence-electron chi connectivity index (χ2n) is 15.1. The third-order valence-electron chi connectivity index (χ3n) is 9.81. The van der Waals surface area contributed by atoms with Gasteiger partial charge in [-0.2, -0.15) is 0 Å². The van der Waals surface area contributed by atoms with Crippen molar-refractivity contribution < 1.29 is 38.3 Å². The van der Waals surface area contributed by atoms with Crippen LogP contribution in [0.3, 0.4) is 0 Å². The quantitative estimate of drug-likeness (QED) is 0.396. The minimum atomic E-state index is -1.14. The summed E-state index contributed by atoms with van der Waals surface area (Å²) in [5.74, 6) is -1.10. The normalized spacial score (nSPS) is 32.9.